The lowest BCUT2D eigenvalue weighted by molar-refractivity contribution is -0.0718. The van der Waals surface area contributed by atoms with Crippen molar-refractivity contribution in [3.8, 4) is 0 Å². The number of nitrogens with zero attached hydrogens (tertiary/aromatic N) is 2. The summed E-state index contributed by atoms with van der Waals surface area (Å²) in [6.07, 6.45) is 6.03. The highest BCUT2D eigenvalue weighted by atomic mass is 16.5. The maximum absolute atomic E-state index is 5.92. The summed E-state index contributed by atoms with van der Waals surface area (Å²) in [7, 11) is 0. The lowest BCUT2D eigenvalue weighted by Gasteiger charge is -2.44. The third kappa shape index (κ3) is 2.60. The summed E-state index contributed by atoms with van der Waals surface area (Å²) >= 11 is 0. The average molecular weight is 261 g/mol. The number of ether oxygens (including phenoxy) is 1. The smallest absolute Gasteiger partial charge is 0.127 e. The van der Waals surface area contributed by atoms with E-state index in [0.717, 1.165) is 18.7 Å². The molecule has 0 unspecified atom stereocenters. The highest BCUT2D eigenvalue weighted by Gasteiger charge is 2.48. The topological polar surface area (TPSA) is 51.4 Å². The number of pyridine rings is 1. The minimum absolute atomic E-state index is 0.508. The van der Waals surface area contributed by atoms with Crippen LogP contribution in [-0.2, 0) is 11.3 Å². The molecule has 2 heterocycles. The second-order valence-electron chi connectivity index (χ2n) is 5.99. The Morgan fingerprint density at radius 2 is 2.37 bits per heavy atom. The summed E-state index contributed by atoms with van der Waals surface area (Å²) in [6.45, 7) is 6.21. The van der Waals surface area contributed by atoms with Crippen LogP contribution in [0.1, 0.15) is 31.7 Å². The van der Waals surface area contributed by atoms with Crippen LogP contribution in [0.5, 0.6) is 0 Å². The molecular formula is C15H23N3O. The second-order valence-corrected chi connectivity index (χ2v) is 5.99. The van der Waals surface area contributed by atoms with Gasteiger partial charge in [-0.2, -0.15) is 0 Å². The molecule has 4 heteroatoms. The van der Waals surface area contributed by atoms with Crippen molar-refractivity contribution in [1.82, 2.24) is 9.88 Å². The molecule has 2 N–H and O–H groups in total. The minimum atomic E-state index is 0.508. The van der Waals surface area contributed by atoms with Crippen molar-refractivity contribution in [2.24, 2.45) is 5.41 Å². The summed E-state index contributed by atoms with van der Waals surface area (Å²) in [5.74, 6) is 0.671. The Bertz CT molecular complexity index is 443. The Morgan fingerprint density at radius 3 is 3.11 bits per heavy atom. The van der Waals surface area contributed by atoms with Crippen molar-refractivity contribution in [1.29, 1.82) is 0 Å². The highest BCUT2D eigenvalue weighted by molar-refractivity contribution is 5.38. The monoisotopic (exact) mass is 261 g/mol. The van der Waals surface area contributed by atoms with Gasteiger partial charge >= 0.3 is 0 Å². The highest BCUT2D eigenvalue weighted by Crippen LogP contribution is 2.49. The van der Waals surface area contributed by atoms with Crippen molar-refractivity contribution in [3.05, 3.63) is 23.9 Å². The molecule has 2 aliphatic rings. The van der Waals surface area contributed by atoms with Gasteiger partial charge in [-0.1, -0.05) is 6.07 Å². The molecule has 1 saturated heterocycles. The van der Waals surface area contributed by atoms with Crippen LogP contribution in [0.25, 0.3) is 0 Å². The van der Waals surface area contributed by atoms with E-state index in [9.17, 15) is 0 Å². The van der Waals surface area contributed by atoms with Crippen LogP contribution in [0.15, 0.2) is 18.3 Å². The van der Waals surface area contributed by atoms with E-state index in [4.69, 9.17) is 10.5 Å². The van der Waals surface area contributed by atoms with Gasteiger partial charge in [-0.15, -0.1) is 0 Å². The third-order valence-electron chi connectivity index (χ3n) is 4.56. The number of nitrogens with two attached hydrogens (primary N) is 1. The van der Waals surface area contributed by atoms with Crippen LogP contribution in [0.4, 0.5) is 5.82 Å². The van der Waals surface area contributed by atoms with E-state index in [2.05, 4.69) is 22.9 Å². The van der Waals surface area contributed by atoms with Gasteiger partial charge in [0.25, 0.3) is 0 Å². The van der Waals surface area contributed by atoms with Gasteiger partial charge in [0.2, 0.25) is 0 Å². The lowest BCUT2D eigenvalue weighted by Crippen LogP contribution is -2.44. The van der Waals surface area contributed by atoms with Crippen LogP contribution >= 0.6 is 0 Å². The summed E-state index contributed by atoms with van der Waals surface area (Å²) < 4.78 is 5.69. The number of likely N-dealkylation sites (tertiary alicyclic amines) is 1. The molecule has 1 saturated carbocycles. The summed E-state index contributed by atoms with van der Waals surface area (Å²) in [5.41, 5.74) is 7.59. The van der Waals surface area contributed by atoms with E-state index in [1.54, 1.807) is 6.20 Å². The molecule has 0 atom stereocenters. The van der Waals surface area contributed by atoms with Gasteiger partial charge in [0.1, 0.15) is 5.82 Å². The first kappa shape index (κ1) is 12.9. The van der Waals surface area contributed by atoms with Crippen LogP contribution in [0.3, 0.4) is 0 Å². The molecule has 3 rings (SSSR count). The van der Waals surface area contributed by atoms with Crippen LogP contribution in [0.2, 0.25) is 0 Å². The van der Waals surface area contributed by atoms with Gasteiger partial charge in [-0.3, -0.25) is 4.90 Å². The Labute approximate surface area is 115 Å². The number of rotatable bonds is 4. The van der Waals surface area contributed by atoms with Crippen molar-refractivity contribution >= 4 is 5.82 Å². The number of anilines is 1. The zero-order chi connectivity index (χ0) is 13.3. The van der Waals surface area contributed by atoms with Gasteiger partial charge < -0.3 is 10.5 Å². The van der Waals surface area contributed by atoms with E-state index < -0.39 is 0 Å². The average Bonchev–Trinajstić information content (AvgIpc) is 2.76. The molecule has 1 aromatic heterocycles. The first-order valence-corrected chi connectivity index (χ1v) is 7.24. The molecular weight excluding hydrogens is 238 g/mol. The Balaban J connectivity index is 1.55. The molecule has 1 aliphatic carbocycles. The van der Waals surface area contributed by atoms with Crippen molar-refractivity contribution < 1.29 is 4.74 Å². The predicted octanol–water partition coefficient (Wildman–Crippen LogP) is 2.05. The van der Waals surface area contributed by atoms with Crippen LogP contribution in [0, 0.1) is 5.41 Å². The van der Waals surface area contributed by atoms with E-state index >= 15 is 0 Å². The third-order valence-corrected chi connectivity index (χ3v) is 4.56. The lowest BCUT2D eigenvalue weighted by atomic mass is 9.66. The summed E-state index contributed by atoms with van der Waals surface area (Å²) in [5, 5.41) is 0. The van der Waals surface area contributed by atoms with Gasteiger partial charge in [0.15, 0.2) is 0 Å². The Kier molecular flexibility index (Phi) is 3.46. The van der Waals surface area contributed by atoms with E-state index in [1.165, 1.54) is 32.4 Å². The maximum Gasteiger partial charge on any atom is 0.127 e. The molecule has 1 aromatic rings. The number of aromatic nitrogens is 1. The fraction of sp³-hybridized carbons (Fsp3) is 0.667. The second kappa shape index (κ2) is 5.10. The molecule has 0 radical (unpaired) electrons. The van der Waals surface area contributed by atoms with Gasteiger partial charge in [-0.05, 0) is 44.2 Å². The fourth-order valence-corrected chi connectivity index (χ4v) is 3.58. The fourth-order valence-electron chi connectivity index (χ4n) is 3.58. The standard InChI is InChI=1S/C15H23N3O/c1-2-19-13-8-15(9-13)5-7-18(11-15)10-12-4-3-6-17-14(12)16/h3-4,6,13H,2,5,7-11H2,1H3,(H2,16,17). The number of hydrogen-bond acceptors (Lipinski definition) is 4. The van der Waals surface area contributed by atoms with Crippen molar-refractivity contribution in [2.75, 3.05) is 25.4 Å². The van der Waals surface area contributed by atoms with E-state index in [1.807, 2.05) is 6.07 Å². The Morgan fingerprint density at radius 1 is 1.53 bits per heavy atom. The SMILES string of the molecule is CCOC1CC2(CCN(Cc3cccnc3N)C2)C1. The van der Waals surface area contributed by atoms with Gasteiger partial charge in [0.05, 0.1) is 6.10 Å². The van der Waals surface area contributed by atoms with E-state index in [0.29, 0.717) is 17.3 Å². The molecule has 104 valence electrons. The molecule has 1 aliphatic heterocycles. The summed E-state index contributed by atoms with van der Waals surface area (Å²) in [4.78, 5) is 6.67. The quantitative estimate of drug-likeness (QED) is 0.901. The minimum Gasteiger partial charge on any atom is -0.383 e. The molecule has 0 bridgehead atoms. The first-order chi connectivity index (χ1) is 9.21. The van der Waals surface area contributed by atoms with E-state index in [-0.39, 0.29) is 0 Å². The zero-order valence-electron chi connectivity index (χ0n) is 11.6. The van der Waals surface area contributed by atoms with Gasteiger partial charge in [0, 0.05) is 31.5 Å². The molecule has 0 aromatic carbocycles. The molecule has 4 nitrogen and oxygen atoms in total. The van der Waals surface area contributed by atoms with Crippen molar-refractivity contribution in [3.63, 3.8) is 0 Å². The number of hydrogen-bond donors (Lipinski definition) is 1. The molecule has 0 amide bonds. The van der Waals surface area contributed by atoms with Gasteiger partial charge in [-0.25, -0.2) is 4.98 Å². The van der Waals surface area contributed by atoms with Crippen LogP contribution < -0.4 is 5.73 Å². The Hall–Kier alpha value is -1.13. The van der Waals surface area contributed by atoms with Crippen LogP contribution in [-0.4, -0.2) is 35.7 Å². The summed E-state index contributed by atoms with van der Waals surface area (Å²) in [6, 6.07) is 4.04. The predicted molar refractivity (Wildman–Crippen MR) is 75.6 cm³/mol. The molecule has 19 heavy (non-hydrogen) atoms. The maximum atomic E-state index is 5.92. The number of nitrogen functional groups attached to an aromatic ring is 1. The molecule has 2 fully saturated rings. The zero-order valence-corrected chi connectivity index (χ0v) is 11.6. The normalized spacial score (nSPS) is 30.7. The van der Waals surface area contributed by atoms with Crippen molar-refractivity contribution in [2.45, 2.75) is 38.8 Å². The largest absolute Gasteiger partial charge is 0.383 e. The first-order valence-electron chi connectivity index (χ1n) is 7.24. The molecule has 1 spiro atoms.